The number of anilines is 1. The molecule has 8 heteroatoms. The van der Waals surface area contributed by atoms with Gasteiger partial charge in [-0.25, -0.2) is 9.78 Å². The molecule has 1 aromatic carbocycles. The van der Waals surface area contributed by atoms with Crippen LogP contribution in [0.1, 0.15) is 6.42 Å². The van der Waals surface area contributed by atoms with Crippen molar-refractivity contribution in [2.24, 2.45) is 0 Å². The van der Waals surface area contributed by atoms with Crippen molar-refractivity contribution in [1.29, 1.82) is 0 Å². The van der Waals surface area contributed by atoms with E-state index in [1.807, 2.05) is 23.1 Å². The maximum Gasteiger partial charge on any atom is 0.321 e. The number of hydrogen-bond acceptors (Lipinski definition) is 5. The highest BCUT2D eigenvalue weighted by Gasteiger charge is 2.21. The molecule has 1 aliphatic heterocycles. The largest absolute Gasteiger partial charge is 0.348 e. The number of carbonyl (C=O) groups is 2. The molecule has 0 atom stereocenters. The number of urea groups is 1. The minimum atomic E-state index is -0.102. The van der Waals surface area contributed by atoms with Crippen LogP contribution in [0.25, 0.3) is 10.2 Å². The Bertz CT molecular complexity index is 760. The second-order valence-electron chi connectivity index (χ2n) is 6.37. The van der Waals surface area contributed by atoms with Crippen molar-refractivity contribution >= 4 is 39.2 Å². The summed E-state index contributed by atoms with van der Waals surface area (Å²) in [5, 5.41) is 2.95. The van der Waals surface area contributed by atoms with E-state index in [1.54, 1.807) is 35.8 Å². The monoisotopic (exact) mass is 361 g/mol. The third-order valence-corrected chi connectivity index (χ3v) is 5.13. The third-order valence-electron chi connectivity index (χ3n) is 4.32. The van der Waals surface area contributed by atoms with E-state index in [4.69, 9.17) is 0 Å². The number of hydrogen-bond donors (Lipinski definition) is 1. The van der Waals surface area contributed by atoms with Crippen LogP contribution >= 0.6 is 11.3 Å². The topological polar surface area (TPSA) is 68.8 Å². The van der Waals surface area contributed by atoms with Crippen LogP contribution < -0.4 is 5.32 Å². The fraction of sp³-hybridized carbons (Fsp3) is 0.471. The van der Waals surface area contributed by atoms with Crippen molar-refractivity contribution < 1.29 is 9.59 Å². The zero-order chi connectivity index (χ0) is 17.8. The van der Waals surface area contributed by atoms with Gasteiger partial charge in [0.15, 0.2) is 0 Å². The van der Waals surface area contributed by atoms with Crippen LogP contribution in [0.5, 0.6) is 0 Å². The van der Waals surface area contributed by atoms with E-state index in [-0.39, 0.29) is 11.9 Å². The average molecular weight is 361 g/mol. The van der Waals surface area contributed by atoms with Crippen molar-refractivity contribution in [2.75, 3.05) is 52.1 Å². The van der Waals surface area contributed by atoms with E-state index in [2.05, 4.69) is 15.2 Å². The number of carbonyl (C=O) groups excluding carboxylic acids is 2. The number of thiazole rings is 1. The summed E-state index contributed by atoms with van der Waals surface area (Å²) in [6, 6.07) is 5.66. The lowest BCUT2D eigenvalue weighted by atomic mass is 10.3. The first-order chi connectivity index (χ1) is 12.0. The summed E-state index contributed by atoms with van der Waals surface area (Å²) in [6.07, 6.45) is 0.860. The molecule has 0 saturated carbocycles. The number of aromatic nitrogens is 1. The van der Waals surface area contributed by atoms with Crippen molar-refractivity contribution in [3.8, 4) is 0 Å². The molecule has 3 rings (SSSR count). The van der Waals surface area contributed by atoms with Crippen LogP contribution in [-0.4, -0.2) is 78.4 Å². The third kappa shape index (κ3) is 4.46. The molecule has 1 fully saturated rings. The van der Waals surface area contributed by atoms with Crippen molar-refractivity contribution in [1.82, 2.24) is 19.7 Å². The van der Waals surface area contributed by atoms with E-state index < -0.39 is 0 Å². The standard InChI is InChI=1S/C17H23N5O2S/c1-20(2)16(23)11-21-6-3-7-22(9-8-21)17(24)19-13-4-5-15-14(10-13)18-12-25-15/h4-5,10,12H,3,6-9,11H2,1-2H3,(H,19,24). The highest BCUT2D eigenvalue weighted by molar-refractivity contribution is 7.16. The number of likely N-dealkylation sites (N-methyl/N-ethyl adjacent to an activating group) is 1. The molecule has 1 N–H and O–H groups in total. The minimum absolute atomic E-state index is 0.0921. The molecule has 0 spiro atoms. The molecular formula is C17H23N5O2S. The number of fused-ring (bicyclic) bond motifs is 1. The van der Waals surface area contributed by atoms with E-state index in [0.29, 0.717) is 26.2 Å². The minimum Gasteiger partial charge on any atom is -0.348 e. The first-order valence-electron chi connectivity index (χ1n) is 8.34. The molecule has 3 amide bonds. The number of nitrogens with one attached hydrogen (secondary N) is 1. The zero-order valence-corrected chi connectivity index (χ0v) is 15.4. The fourth-order valence-corrected chi connectivity index (χ4v) is 3.46. The van der Waals surface area contributed by atoms with Gasteiger partial charge in [0.05, 0.1) is 22.3 Å². The summed E-state index contributed by atoms with van der Waals surface area (Å²) in [4.78, 5) is 34.2. The van der Waals surface area contributed by atoms with Gasteiger partial charge in [0, 0.05) is 46.0 Å². The molecule has 0 radical (unpaired) electrons. The Kier molecular flexibility index (Phi) is 5.50. The lowest BCUT2D eigenvalue weighted by molar-refractivity contribution is -0.129. The summed E-state index contributed by atoms with van der Waals surface area (Å²) in [6.45, 7) is 3.25. The van der Waals surface area contributed by atoms with Gasteiger partial charge in [-0.1, -0.05) is 0 Å². The van der Waals surface area contributed by atoms with Gasteiger partial charge in [0.1, 0.15) is 0 Å². The number of nitrogens with zero attached hydrogens (tertiary/aromatic N) is 4. The van der Waals surface area contributed by atoms with Gasteiger partial charge in [0.2, 0.25) is 5.91 Å². The van der Waals surface area contributed by atoms with E-state index >= 15 is 0 Å². The number of benzene rings is 1. The molecule has 2 heterocycles. The molecule has 134 valence electrons. The fourth-order valence-electron chi connectivity index (χ4n) is 2.80. The highest BCUT2D eigenvalue weighted by atomic mass is 32.1. The Morgan fingerprint density at radius 1 is 1.24 bits per heavy atom. The van der Waals surface area contributed by atoms with Crippen molar-refractivity contribution in [2.45, 2.75) is 6.42 Å². The predicted molar refractivity (Wildman–Crippen MR) is 100.0 cm³/mol. The van der Waals surface area contributed by atoms with Gasteiger partial charge in [-0.2, -0.15) is 0 Å². The van der Waals surface area contributed by atoms with E-state index in [1.165, 1.54) is 0 Å². The van der Waals surface area contributed by atoms with Gasteiger partial charge in [-0.15, -0.1) is 11.3 Å². The average Bonchev–Trinajstić information content (AvgIpc) is 2.92. The molecule has 0 bridgehead atoms. The molecular weight excluding hydrogens is 338 g/mol. The van der Waals surface area contributed by atoms with Crippen LogP contribution in [-0.2, 0) is 4.79 Å². The number of rotatable bonds is 3. The van der Waals surface area contributed by atoms with Gasteiger partial charge in [0.25, 0.3) is 0 Å². The zero-order valence-electron chi connectivity index (χ0n) is 14.6. The summed E-state index contributed by atoms with van der Waals surface area (Å²) < 4.78 is 1.11. The normalized spacial score (nSPS) is 15.8. The van der Waals surface area contributed by atoms with Crippen LogP contribution in [0.4, 0.5) is 10.5 Å². The molecule has 1 aliphatic rings. The Morgan fingerprint density at radius 2 is 2.08 bits per heavy atom. The second-order valence-corrected chi connectivity index (χ2v) is 7.26. The first kappa shape index (κ1) is 17.6. The van der Waals surface area contributed by atoms with Gasteiger partial charge in [-0.05, 0) is 24.6 Å². The van der Waals surface area contributed by atoms with Crippen LogP contribution in [0.15, 0.2) is 23.7 Å². The van der Waals surface area contributed by atoms with Crippen LogP contribution in [0.2, 0.25) is 0 Å². The van der Waals surface area contributed by atoms with Crippen molar-refractivity contribution in [3.05, 3.63) is 23.7 Å². The quantitative estimate of drug-likeness (QED) is 0.907. The Morgan fingerprint density at radius 3 is 2.88 bits per heavy atom. The predicted octanol–water partition coefficient (Wildman–Crippen LogP) is 1.92. The maximum absolute atomic E-state index is 12.5. The van der Waals surface area contributed by atoms with Gasteiger partial charge >= 0.3 is 6.03 Å². The molecule has 2 aromatic rings. The molecule has 25 heavy (non-hydrogen) atoms. The van der Waals surface area contributed by atoms with E-state index in [9.17, 15) is 9.59 Å². The van der Waals surface area contributed by atoms with Crippen molar-refractivity contribution in [3.63, 3.8) is 0 Å². The first-order valence-corrected chi connectivity index (χ1v) is 9.22. The van der Waals surface area contributed by atoms with Crippen LogP contribution in [0, 0.1) is 0 Å². The smallest absolute Gasteiger partial charge is 0.321 e. The lowest BCUT2D eigenvalue weighted by Crippen LogP contribution is -2.40. The maximum atomic E-state index is 12.5. The van der Waals surface area contributed by atoms with Gasteiger partial charge < -0.3 is 15.1 Å². The molecule has 1 aromatic heterocycles. The van der Waals surface area contributed by atoms with E-state index in [0.717, 1.165) is 28.9 Å². The lowest BCUT2D eigenvalue weighted by Gasteiger charge is -2.23. The summed E-state index contributed by atoms with van der Waals surface area (Å²) >= 11 is 1.58. The summed E-state index contributed by atoms with van der Waals surface area (Å²) in [5.74, 6) is 0.0921. The molecule has 7 nitrogen and oxygen atoms in total. The summed E-state index contributed by atoms with van der Waals surface area (Å²) in [5.41, 5.74) is 3.45. The molecule has 1 saturated heterocycles. The summed E-state index contributed by atoms with van der Waals surface area (Å²) in [7, 11) is 3.53. The Hall–Kier alpha value is -2.19. The molecule has 0 aliphatic carbocycles. The Labute approximate surface area is 151 Å². The molecule has 0 unspecified atom stereocenters. The number of amides is 3. The second kappa shape index (κ2) is 7.79. The Balaban J connectivity index is 1.56. The SMILES string of the molecule is CN(C)C(=O)CN1CCCN(C(=O)Nc2ccc3scnc3c2)CC1. The van der Waals surface area contributed by atoms with Crippen LogP contribution in [0.3, 0.4) is 0 Å². The van der Waals surface area contributed by atoms with Gasteiger partial charge in [-0.3, -0.25) is 9.69 Å². The highest BCUT2D eigenvalue weighted by Crippen LogP contribution is 2.21.